The molecule has 0 aromatic heterocycles. The smallest absolute Gasteiger partial charge is 0.330 e. The zero-order valence-electron chi connectivity index (χ0n) is 12.1. The molecule has 1 atom stereocenters. The lowest BCUT2D eigenvalue weighted by molar-refractivity contribution is -0.146. The van der Waals surface area contributed by atoms with E-state index in [4.69, 9.17) is 9.84 Å². The lowest BCUT2D eigenvalue weighted by atomic mass is 10.2. The van der Waals surface area contributed by atoms with Crippen molar-refractivity contribution >= 4 is 11.9 Å². The predicted octanol–water partition coefficient (Wildman–Crippen LogP) is 0.633. The van der Waals surface area contributed by atoms with Crippen LogP contribution >= 0.6 is 0 Å². The molecule has 6 nitrogen and oxygen atoms in total. The molecule has 6 heteroatoms. The lowest BCUT2D eigenvalue weighted by Crippen LogP contribution is -2.44. The summed E-state index contributed by atoms with van der Waals surface area (Å²) in [6.07, 6.45) is 0.764. The van der Waals surface area contributed by atoms with E-state index in [0.29, 0.717) is 19.6 Å². The van der Waals surface area contributed by atoms with Crippen molar-refractivity contribution < 1.29 is 24.2 Å². The van der Waals surface area contributed by atoms with E-state index < -0.39 is 18.6 Å². The molecule has 21 heavy (non-hydrogen) atoms. The second-order valence-electron chi connectivity index (χ2n) is 4.47. The Morgan fingerprint density at radius 2 is 2.00 bits per heavy atom. The summed E-state index contributed by atoms with van der Waals surface area (Å²) in [7, 11) is 1.20. The van der Waals surface area contributed by atoms with Crippen molar-refractivity contribution in [2.24, 2.45) is 0 Å². The highest BCUT2D eigenvalue weighted by molar-refractivity contribution is 5.84. The predicted molar refractivity (Wildman–Crippen MR) is 76.4 cm³/mol. The Hall–Kier alpha value is -1.92. The third kappa shape index (κ3) is 6.87. The number of amides is 1. The first kappa shape index (κ1) is 17.1. The van der Waals surface area contributed by atoms with E-state index in [-0.39, 0.29) is 12.3 Å². The normalized spacial score (nSPS) is 11.7. The van der Waals surface area contributed by atoms with Crippen LogP contribution in [0.3, 0.4) is 0 Å². The van der Waals surface area contributed by atoms with E-state index in [1.165, 1.54) is 7.11 Å². The van der Waals surface area contributed by atoms with E-state index in [1.807, 2.05) is 30.3 Å². The average molecular weight is 295 g/mol. The van der Waals surface area contributed by atoms with Crippen LogP contribution in [0.5, 0.6) is 0 Å². The zero-order chi connectivity index (χ0) is 15.5. The van der Waals surface area contributed by atoms with Crippen molar-refractivity contribution in [1.29, 1.82) is 0 Å². The second kappa shape index (κ2) is 9.90. The van der Waals surface area contributed by atoms with Crippen LogP contribution in [0.4, 0.5) is 0 Å². The fraction of sp³-hybridized carbons (Fsp3) is 0.467. The number of carbonyl (C=O) groups is 2. The number of aliphatic hydroxyl groups excluding tert-OH is 1. The number of carbonyl (C=O) groups excluding carboxylic acids is 2. The number of rotatable bonds is 9. The topological polar surface area (TPSA) is 84.9 Å². The third-order valence-electron chi connectivity index (χ3n) is 2.81. The fourth-order valence-corrected chi connectivity index (χ4v) is 1.69. The molecule has 0 aliphatic heterocycles. The molecule has 2 N–H and O–H groups in total. The van der Waals surface area contributed by atoms with Gasteiger partial charge in [0.15, 0.2) is 6.04 Å². The number of methoxy groups -OCH3 is 1. The van der Waals surface area contributed by atoms with E-state index in [9.17, 15) is 9.59 Å². The second-order valence-corrected chi connectivity index (χ2v) is 4.47. The van der Waals surface area contributed by atoms with Gasteiger partial charge in [-0.2, -0.15) is 0 Å². The van der Waals surface area contributed by atoms with Gasteiger partial charge in [-0.3, -0.25) is 4.79 Å². The van der Waals surface area contributed by atoms with Gasteiger partial charge in [0.2, 0.25) is 5.91 Å². The first-order valence-corrected chi connectivity index (χ1v) is 6.77. The number of aliphatic hydroxyl groups is 1. The monoisotopic (exact) mass is 295 g/mol. The zero-order valence-corrected chi connectivity index (χ0v) is 12.1. The van der Waals surface area contributed by atoms with Crippen molar-refractivity contribution in [3.8, 4) is 0 Å². The SMILES string of the molecule is COC(=O)C(CO)NC(=O)CCCOCc1ccccc1. The Balaban J connectivity index is 2.14. The van der Waals surface area contributed by atoms with Crippen molar-refractivity contribution in [2.75, 3.05) is 20.3 Å². The van der Waals surface area contributed by atoms with Gasteiger partial charge in [-0.15, -0.1) is 0 Å². The fourth-order valence-electron chi connectivity index (χ4n) is 1.69. The molecular weight excluding hydrogens is 274 g/mol. The molecule has 1 rings (SSSR count). The van der Waals surface area contributed by atoms with Crippen molar-refractivity contribution in [2.45, 2.75) is 25.5 Å². The van der Waals surface area contributed by atoms with Crippen LogP contribution in [0, 0.1) is 0 Å². The summed E-state index contributed by atoms with van der Waals surface area (Å²) in [4.78, 5) is 22.8. The van der Waals surface area contributed by atoms with Gasteiger partial charge in [-0.1, -0.05) is 30.3 Å². The summed E-state index contributed by atoms with van der Waals surface area (Å²) in [6.45, 7) is 0.469. The largest absolute Gasteiger partial charge is 0.467 e. The van der Waals surface area contributed by atoms with Gasteiger partial charge < -0.3 is 19.9 Å². The first-order valence-electron chi connectivity index (χ1n) is 6.77. The van der Waals surface area contributed by atoms with E-state index in [0.717, 1.165) is 5.56 Å². The van der Waals surface area contributed by atoms with Gasteiger partial charge >= 0.3 is 5.97 Å². The van der Waals surface area contributed by atoms with Crippen LogP contribution < -0.4 is 5.32 Å². The Bertz CT molecular complexity index is 435. The summed E-state index contributed by atoms with van der Waals surface area (Å²) in [6, 6.07) is 8.74. The van der Waals surface area contributed by atoms with E-state index >= 15 is 0 Å². The summed E-state index contributed by atoms with van der Waals surface area (Å²) in [5.74, 6) is -0.978. The number of nitrogens with one attached hydrogen (secondary N) is 1. The minimum absolute atomic E-state index is 0.224. The highest BCUT2D eigenvalue weighted by atomic mass is 16.5. The van der Waals surface area contributed by atoms with Crippen LogP contribution in [0.15, 0.2) is 30.3 Å². The third-order valence-corrected chi connectivity index (χ3v) is 2.81. The van der Waals surface area contributed by atoms with Crippen LogP contribution in [-0.4, -0.2) is 43.3 Å². The molecule has 0 radical (unpaired) electrons. The van der Waals surface area contributed by atoms with Crippen LogP contribution in [0.1, 0.15) is 18.4 Å². The van der Waals surface area contributed by atoms with E-state index in [2.05, 4.69) is 10.1 Å². The standard InChI is InChI=1S/C15H21NO5/c1-20-15(19)13(10-17)16-14(18)8-5-9-21-11-12-6-3-2-4-7-12/h2-4,6-7,13,17H,5,8-11H2,1H3,(H,16,18). The van der Waals surface area contributed by atoms with Gasteiger partial charge in [0.25, 0.3) is 0 Å². The molecule has 0 fully saturated rings. The van der Waals surface area contributed by atoms with Crippen molar-refractivity contribution in [3.05, 3.63) is 35.9 Å². The molecule has 1 unspecified atom stereocenters. The highest BCUT2D eigenvalue weighted by Crippen LogP contribution is 2.01. The molecular formula is C15H21NO5. The Labute approximate surface area is 124 Å². The Kier molecular flexibility index (Phi) is 8.08. The quantitative estimate of drug-likeness (QED) is 0.516. The molecule has 0 aliphatic carbocycles. The molecule has 1 aromatic rings. The number of hydrogen-bond acceptors (Lipinski definition) is 5. The summed E-state index contributed by atoms with van der Waals surface area (Å²) in [5, 5.41) is 11.4. The highest BCUT2D eigenvalue weighted by Gasteiger charge is 2.19. The number of ether oxygens (including phenoxy) is 2. The van der Waals surface area contributed by atoms with Gasteiger partial charge in [0.05, 0.1) is 20.3 Å². The van der Waals surface area contributed by atoms with Crippen molar-refractivity contribution in [3.63, 3.8) is 0 Å². The Morgan fingerprint density at radius 3 is 2.62 bits per heavy atom. The maximum Gasteiger partial charge on any atom is 0.330 e. The molecule has 0 aliphatic rings. The molecule has 0 spiro atoms. The van der Waals surface area contributed by atoms with Gasteiger partial charge in [-0.05, 0) is 12.0 Å². The van der Waals surface area contributed by atoms with Crippen LogP contribution in [0.25, 0.3) is 0 Å². The Morgan fingerprint density at radius 1 is 1.29 bits per heavy atom. The maximum absolute atomic E-state index is 11.6. The van der Waals surface area contributed by atoms with Crippen LogP contribution in [0.2, 0.25) is 0 Å². The number of esters is 1. The minimum Gasteiger partial charge on any atom is -0.467 e. The average Bonchev–Trinajstić information content (AvgIpc) is 2.52. The molecule has 116 valence electrons. The minimum atomic E-state index is -1.01. The number of hydrogen-bond donors (Lipinski definition) is 2. The summed E-state index contributed by atoms with van der Waals surface area (Å²) < 4.78 is 9.91. The molecule has 0 heterocycles. The molecule has 1 aromatic carbocycles. The van der Waals surface area contributed by atoms with Gasteiger partial charge in [0.1, 0.15) is 0 Å². The molecule has 1 amide bonds. The summed E-state index contributed by atoms with van der Waals surface area (Å²) in [5.41, 5.74) is 1.08. The lowest BCUT2D eigenvalue weighted by Gasteiger charge is -2.13. The molecule has 0 saturated carbocycles. The molecule has 0 bridgehead atoms. The first-order chi connectivity index (χ1) is 10.2. The van der Waals surface area contributed by atoms with Crippen LogP contribution in [-0.2, 0) is 25.7 Å². The molecule has 0 saturated heterocycles. The van der Waals surface area contributed by atoms with E-state index in [1.54, 1.807) is 0 Å². The van der Waals surface area contributed by atoms with Gasteiger partial charge in [0, 0.05) is 13.0 Å². The maximum atomic E-state index is 11.6. The van der Waals surface area contributed by atoms with Gasteiger partial charge in [-0.25, -0.2) is 4.79 Å². The summed E-state index contributed by atoms with van der Waals surface area (Å²) >= 11 is 0. The van der Waals surface area contributed by atoms with Crippen molar-refractivity contribution in [1.82, 2.24) is 5.32 Å². The number of benzene rings is 1.